The molecule has 3 rings (SSSR count). The predicted octanol–water partition coefficient (Wildman–Crippen LogP) is 5.65. The van der Waals surface area contributed by atoms with Crippen LogP contribution in [0.2, 0.25) is 0 Å². The standard InChI is InChI=1S/C28H36F3N3O2/c1-6-21(23-9-10-24(29)26(31)25(23)30)7-8-22(20(4)33(5)19(2)3)11-14-34-15-12-28(13-16-34)17-32-27(35)36-18-28/h6,8-10,19H,1,11-18H2,2-5H3,(H,32,35)/b22-20-. The first kappa shape index (κ1) is 27.6. The average Bonchev–Trinajstić information content (AvgIpc) is 2.87. The number of cyclic esters (lactones) is 1. The van der Waals surface area contributed by atoms with Gasteiger partial charge < -0.3 is 19.9 Å². The van der Waals surface area contributed by atoms with Crippen LogP contribution in [0.3, 0.4) is 0 Å². The van der Waals surface area contributed by atoms with E-state index in [0.717, 1.165) is 56.2 Å². The summed E-state index contributed by atoms with van der Waals surface area (Å²) in [5.41, 5.74) is 5.32. The normalized spacial score (nSPS) is 18.2. The summed E-state index contributed by atoms with van der Waals surface area (Å²) >= 11 is 0. The SMILES string of the molecule is C=CC(=C=C/C(CCN1CCC2(CC1)CNC(=O)OC2)=C(\C)N(C)C(C)C)c1ccc(F)c(F)c1F. The van der Waals surface area contributed by atoms with Crippen molar-refractivity contribution in [3.05, 3.63) is 70.9 Å². The van der Waals surface area contributed by atoms with E-state index in [2.05, 4.69) is 41.3 Å². The molecule has 2 fully saturated rings. The molecule has 0 saturated carbocycles. The highest BCUT2D eigenvalue weighted by Gasteiger charge is 2.38. The number of hydrogen-bond donors (Lipinski definition) is 1. The lowest BCUT2D eigenvalue weighted by atomic mass is 9.78. The second kappa shape index (κ2) is 11.8. The van der Waals surface area contributed by atoms with Crippen LogP contribution in [0.4, 0.5) is 18.0 Å². The Balaban J connectivity index is 1.80. The summed E-state index contributed by atoms with van der Waals surface area (Å²) in [5, 5.41) is 2.82. The molecule has 0 aromatic heterocycles. The molecule has 1 N–H and O–H groups in total. The van der Waals surface area contributed by atoms with Crippen LogP contribution < -0.4 is 5.32 Å². The summed E-state index contributed by atoms with van der Waals surface area (Å²) in [6, 6.07) is 2.37. The Morgan fingerprint density at radius 1 is 1.28 bits per heavy atom. The number of nitrogens with zero attached hydrogens (tertiary/aromatic N) is 2. The number of carbonyl (C=O) groups excluding carboxylic acids is 1. The number of halogens is 3. The van der Waals surface area contributed by atoms with Gasteiger partial charge in [-0.2, -0.15) is 0 Å². The monoisotopic (exact) mass is 503 g/mol. The first-order valence-electron chi connectivity index (χ1n) is 12.4. The molecule has 196 valence electrons. The maximum Gasteiger partial charge on any atom is 0.407 e. The topological polar surface area (TPSA) is 44.8 Å². The second-order valence-corrected chi connectivity index (χ2v) is 9.97. The summed E-state index contributed by atoms with van der Waals surface area (Å²) < 4.78 is 46.8. The van der Waals surface area contributed by atoms with Gasteiger partial charge in [-0.15, -0.1) is 5.73 Å². The van der Waals surface area contributed by atoms with Crippen molar-refractivity contribution in [2.75, 3.05) is 39.8 Å². The summed E-state index contributed by atoms with van der Waals surface area (Å²) in [7, 11) is 2.02. The van der Waals surface area contributed by atoms with E-state index in [4.69, 9.17) is 4.74 Å². The minimum atomic E-state index is -1.51. The minimum Gasteiger partial charge on any atom is -0.449 e. The van der Waals surface area contributed by atoms with Crippen LogP contribution in [0, 0.1) is 22.9 Å². The van der Waals surface area contributed by atoms with Gasteiger partial charge in [0.2, 0.25) is 0 Å². The smallest absolute Gasteiger partial charge is 0.407 e. The lowest BCUT2D eigenvalue weighted by Gasteiger charge is -2.43. The molecule has 36 heavy (non-hydrogen) atoms. The molecule has 1 spiro atoms. The number of ether oxygens (including phenoxy) is 1. The van der Waals surface area contributed by atoms with E-state index in [0.29, 0.717) is 13.2 Å². The third kappa shape index (κ3) is 6.42. The fourth-order valence-corrected chi connectivity index (χ4v) is 4.55. The van der Waals surface area contributed by atoms with Gasteiger partial charge in [-0.05, 0) is 76.9 Å². The summed E-state index contributed by atoms with van der Waals surface area (Å²) in [5.74, 6) is -3.99. The minimum absolute atomic E-state index is 0.00681. The van der Waals surface area contributed by atoms with E-state index < -0.39 is 17.5 Å². The molecule has 2 aliphatic rings. The zero-order valence-corrected chi connectivity index (χ0v) is 21.6. The highest BCUT2D eigenvalue weighted by Crippen LogP contribution is 2.33. The molecule has 1 amide bonds. The van der Waals surface area contributed by atoms with Gasteiger partial charge in [0, 0.05) is 48.4 Å². The summed E-state index contributed by atoms with van der Waals surface area (Å²) in [4.78, 5) is 15.9. The number of amides is 1. The molecule has 5 nitrogen and oxygen atoms in total. The lowest BCUT2D eigenvalue weighted by molar-refractivity contribution is 0.00676. The van der Waals surface area contributed by atoms with E-state index in [1.165, 1.54) is 12.1 Å². The van der Waals surface area contributed by atoms with Gasteiger partial charge in [-0.3, -0.25) is 0 Å². The van der Waals surface area contributed by atoms with Crippen molar-refractivity contribution in [2.45, 2.75) is 46.1 Å². The lowest BCUT2D eigenvalue weighted by Crippen LogP contribution is -2.52. The molecular formula is C28H36F3N3O2. The molecule has 2 heterocycles. The number of benzene rings is 1. The number of carbonyl (C=O) groups is 1. The van der Waals surface area contributed by atoms with Crippen LogP contribution in [-0.2, 0) is 4.74 Å². The molecule has 1 aromatic carbocycles. The Labute approximate surface area is 212 Å². The number of likely N-dealkylation sites (tertiary alicyclic amines) is 1. The highest BCUT2D eigenvalue weighted by atomic mass is 19.2. The summed E-state index contributed by atoms with van der Waals surface area (Å²) in [6.45, 7) is 13.7. The summed E-state index contributed by atoms with van der Waals surface area (Å²) in [6.07, 6.45) is 5.47. The fraction of sp³-hybridized carbons (Fsp3) is 0.500. The van der Waals surface area contributed by atoms with E-state index in [1.54, 1.807) is 6.08 Å². The van der Waals surface area contributed by atoms with Crippen molar-refractivity contribution in [3.63, 3.8) is 0 Å². The van der Waals surface area contributed by atoms with E-state index in [9.17, 15) is 18.0 Å². The van der Waals surface area contributed by atoms with Crippen molar-refractivity contribution in [2.24, 2.45) is 5.41 Å². The van der Waals surface area contributed by atoms with Crippen molar-refractivity contribution < 1.29 is 22.7 Å². The second-order valence-electron chi connectivity index (χ2n) is 9.97. The van der Waals surface area contributed by atoms with E-state index >= 15 is 0 Å². The Kier molecular flexibility index (Phi) is 9.09. The van der Waals surface area contributed by atoms with Gasteiger partial charge >= 0.3 is 6.09 Å². The Morgan fingerprint density at radius 3 is 2.56 bits per heavy atom. The molecule has 2 saturated heterocycles. The number of allylic oxidation sites excluding steroid dienone is 3. The maximum atomic E-state index is 14.4. The third-order valence-electron chi connectivity index (χ3n) is 7.43. The third-order valence-corrected chi connectivity index (χ3v) is 7.43. The Bertz CT molecular complexity index is 1070. The molecule has 0 atom stereocenters. The molecule has 1 aromatic rings. The van der Waals surface area contributed by atoms with E-state index in [-0.39, 0.29) is 28.7 Å². The predicted molar refractivity (Wildman–Crippen MR) is 136 cm³/mol. The van der Waals surface area contributed by atoms with Crippen LogP contribution in [0.5, 0.6) is 0 Å². The van der Waals surface area contributed by atoms with Crippen LogP contribution >= 0.6 is 0 Å². The Hall–Kier alpha value is -2.96. The van der Waals surface area contributed by atoms with Crippen LogP contribution in [0.1, 0.15) is 45.6 Å². The van der Waals surface area contributed by atoms with Gasteiger partial charge in [0.05, 0.1) is 0 Å². The highest BCUT2D eigenvalue weighted by molar-refractivity contribution is 5.73. The molecule has 0 aliphatic carbocycles. The van der Waals surface area contributed by atoms with Gasteiger partial charge in [0.25, 0.3) is 0 Å². The van der Waals surface area contributed by atoms with Crippen molar-refractivity contribution >= 4 is 11.7 Å². The molecule has 2 aliphatic heterocycles. The van der Waals surface area contributed by atoms with Crippen LogP contribution in [0.25, 0.3) is 5.57 Å². The van der Waals surface area contributed by atoms with E-state index in [1.807, 2.05) is 14.0 Å². The molecule has 0 radical (unpaired) electrons. The Morgan fingerprint density at radius 2 is 1.97 bits per heavy atom. The van der Waals surface area contributed by atoms with Crippen molar-refractivity contribution in [1.29, 1.82) is 0 Å². The number of hydrogen-bond acceptors (Lipinski definition) is 4. The molecular weight excluding hydrogens is 467 g/mol. The van der Waals surface area contributed by atoms with Crippen molar-refractivity contribution in [3.8, 4) is 0 Å². The first-order chi connectivity index (χ1) is 17.1. The van der Waals surface area contributed by atoms with Crippen LogP contribution in [0.15, 0.2) is 47.9 Å². The van der Waals surface area contributed by atoms with Crippen molar-refractivity contribution in [1.82, 2.24) is 15.1 Å². The zero-order chi connectivity index (χ0) is 26.5. The number of nitrogens with one attached hydrogen (secondary N) is 1. The van der Waals surface area contributed by atoms with Gasteiger partial charge in [-0.25, -0.2) is 18.0 Å². The number of piperidine rings is 1. The van der Waals surface area contributed by atoms with Gasteiger partial charge in [-0.1, -0.05) is 12.7 Å². The van der Waals surface area contributed by atoms with Crippen LogP contribution in [-0.4, -0.2) is 61.8 Å². The molecule has 0 bridgehead atoms. The molecule has 8 heteroatoms. The quantitative estimate of drug-likeness (QED) is 0.283. The average molecular weight is 504 g/mol. The number of rotatable bonds is 8. The zero-order valence-electron chi connectivity index (χ0n) is 21.6. The molecule has 0 unspecified atom stereocenters. The van der Waals surface area contributed by atoms with Gasteiger partial charge in [0.1, 0.15) is 6.61 Å². The number of alkyl carbamates (subject to hydrolysis) is 1. The first-order valence-corrected chi connectivity index (χ1v) is 12.4. The van der Waals surface area contributed by atoms with Gasteiger partial charge in [0.15, 0.2) is 17.5 Å². The maximum absolute atomic E-state index is 14.4. The fourth-order valence-electron chi connectivity index (χ4n) is 4.55. The largest absolute Gasteiger partial charge is 0.449 e.